The maximum Gasteiger partial charge on any atom is 2.00 e. The van der Waals surface area contributed by atoms with Crippen molar-refractivity contribution in [1.29, 1.82) is 0 Å². The third-order valence-corrected chi connectivity index (χ3v) is 8.20. The van der Waals surface area contributed by atoms with Crippen molar-refractivity contribution in [2.45, 2.75) is 40.5 Å². The van der Waals surface area contributed by atoms with E-state index in [9.17, 15) is 0 Å². The van der Waals surface area contributed by atoms with Crippen LogP contribution < -0.4 is 24.8 Å². The minimum atomic E-state index is 0. The molecule has 26 heavy (non-hydrogen) atoms. The zero-order valence-electron chi connectivity index (χ0n) is 15.6. The molecule has 2 aliphatic heterocycles. The van der Waals surface area contributed by atoms with E-state index in [1.165, 1.54) is 9.81 Å². The fourth-order valence-corrected chi connectivity index (χ4v) is 7.26. The molecule has 0 spiro atoms. The number of fused-ring (bicyclic) bond motifs is 2. The van der Waals surface area contributed by atoms with Gasteiger partial charge in [-0.05, 0) is 33.8 Å². The van der Waals surface area contributed by atoms with E-state index < -0.39 is 0 Å². The van der Waals surface area contributed by atoms with Crippen LogP contribution in [0.25, 0.3) is 0 Å². The van der Waals surface area contributed by atoms with Crippen LogP contribution in [0.5, 0.6) is 0 Å². The second-order valence-corrected chi connectivity index (χ2v) is 9.41. The molecule has 0 aromatic carbocycles. The fourth-order valence-electron chi connectivity index (χ4n) is 4.48. The molecule has 0 fully saturated rings. The summed E-state index contributed by atoms with van der Waals surface area (Å²) in [4.78, 5) is 6.27. The van der Waals surface area contributed by atoms with Crippen molar-refractivity contribution in [3.8, 4) is 0 Å². The van der Waals surface area contributed by atoms with E-state index in [4.69, 9.17) is 0 Å². The predicted molar refractivity (Wildman–Crippen MR) is 105 cm³/mol. The molecule has 0 amide bonds. The Bertz CT molecular complexity index is 692. The van der Waals surface area contributed by atoms with Gasteiger partial charge in [-0.2, -0.15) is 0 Å². The largest absolute Gasteiger partial charge is 2.00 e. The number of rotatable bonds is 4. The molecule has 2 unspecified atom stereocenters. The Morgan fingerprint density at radius 1 is 0.808 bits per heavy atom. The molecule has 2 atom stereocenters. The van der Waals surface area contributed by atoms with Gasteiger partial charge in [0.15, 0.2) is 0 Å². The van der Waals surface area contributed by atoms with Crippen LogP contribution in [0.3, 0.4) is 0 Å². The van der Waals surface area contributed by atoms with E-state index in [0.29, 0.717) is 11.8 Å². The first-order valence-corrected chi connectivity index (χ1v) is 10.3. The SMILES string of the molecule is CCC1=C(C(C)(C)C2=C(CC)SC3=CC=CC32)C2C=CC=C2S1.[Cl-].[Cl-].[Zr+2]. The summed E-state index contributed by atoms with van der Waals surface area (Å²) in [6, 6.07) is 0. The van der Waals surface area contributed by atoms with E-state index in [1.54, 1.807) is 21.0 Å². The number of hydrogen-bond donors (Lipinski definition) is 0. The van der Waals surface area contributed by atoms with Crippen molar-refractivity contribution < 1.29 is 51.0 Å². The van der Waals surface area contributed by atoms with Crippen molar-refractivity contribution in [2.24, 2.45) is 17.3 Å². The molecular weight excluding hydrogens is 478 g/mol. The van der Waals surface area contributed by atoms with Crippen molar-refractivity contribution >= 4 is 23.5 Å². The smallest absolute Gasteiger partial charge is 1.00 e. The summed E-state index contributed by atoms with van der Waals surface area (Å²) in [5.74, 6) is 1.05. The molecule has 138 valence electrons. The number of allylic oxidation sites excluding steroid dienone is 12. The van der Waals surface area contributed by atoms with E-state index in [1.807, 2.05) is 23.5 Å². The van der Waals surface area contributed by atoms with Crippen LogP contribution in [0.2, 0.25) is 0 Å². The van der Waals surface area contributed by atoms with Crippen LogP contribution in [0.1, 0.15) is 40.5 Å². The first-order chi connectivity index (χ1) is 11.1. The van der Waals surface area contributed by atoms with Gasteiger partial charge in [-0.15, -0.1) is 0 Å². The van der Waals surface area contributed by atoms with Crippen molar-refractivity contribution in [3.05, 3.63) is 67.2 Å². The summed E-state index contributed by atoms with van der Waals surface area (Å²) in [5, 5.41) is 0. The van der Waals surface area contributed by atoms with Gasteiger partial charge in [-0.3, -0.25) is 0 Å². The standard InChI is InChI=1S/C21H24S2.2ClH.Zr/c1-5-15-19(13-9-7-11-17(13)22-15)21(3,4)20-14-10-8-12-18(14)23-16(20)6-2;;;/h7-14H,5-6H2,1-4H3;2*1H;/q;;;+2/p-2. The van der Waals surface area contributed by atoms with Crippen molar-refractivity contribution in [3.63, 3.8) is 0 Å². The van der Waals surface area contributed by atoms with E-state index in [-0.39, 0.29) is 56.4 Å². The average molecular weight is 503 g/mol. The average Bonchev–Trinajstić information content (AvgIpc) is 3.24. The Hall–Kier alpha value is 0.603. The molecule has 0 bridgehead atoms. The van der Waals surface area contributed by atoms with Gasteiger partial charge in [0.05, 0.1) is 0 Å². The number of hydrogen-bond acceptors (Lipinski definition) is 2. The molecule has 0 N–H and O–H groups in total. The number of thioether (sulfide) groups is 2. The van der Waals surface area contributed by atoms with Crippen LogP contribution >= 0.6 is 23.5 Å². The van der Waals surface area contributed by atoms with Gasteiger partial charge in [0.2, 0.25) is 0 Å². The quantitative estimate of drug-likeness (QED) is 0.562. The first kappa shape index (κ1) is 24.6. The van der Waals surface area contributed by atoms with Crippen LogP contribution in [-0.2, 0) is 26.2 Å². The van der Waals surface area contributed by atoms with Crippen LogP contribution in [0.4, 0.5) is 0 Å². The maximum absolute atomic E-state index is 2.47. The maximum atomic E-state index is 2.47. The molecule has 0 saturated heterocycles. The summed E-state index contributed by atoms with van der Waals surface area (Å²) in [7, 11) is 0. The van der Waals surface area contributed by atoms with E-state index in [0.717, 1.165) is 12.8 Å². The molecule has 4 aliphatic rings. The summed E-state index contributed by atoms with van der Waals surface area (Å²) in [6.07, 6.45) is 16.2. The van der Waals surface area contributed by atoms with Crippen LogP contribution in [0, 0.1) is 17.3 Å². The molecule has 0 saturated carbocycles. The Kier molecular flexibility index (Phi) is 8.91. The summed E-state index contributed by atoms with van der Waals surface area (Å²) < 4.78 is 0. The Morgan fingerprint density at radius 3 is 1.54 bits per heavy atom. The molecular formula is C21H24Cl2S2Zr. The Balaban J connectivity index is 0.00000113. The summed E-state index contributed by atoms with van der Waals surface area (Å²) in [6.45, 7) is 9.55. The van der Waals surface area contributed by atoms with Crippen LogP contribution in [0.15, 0.2) is 67.2 Å². The predicted octanol–water partition coefficient (Wildman–Crippen LogP) is 0.980. The van der Waals surface area contributed by atoms with E-state index >= 15 is 0 Å². The Labute approximate surface area is 198 Å². The van der Waals surface area contributed by atoms with Gasteiger partial charge in [-0.25, -0.2) is 0 Å². The number of halogens is 2. The molecule has 0 radical (unpaired) electrons. The first-order valence-electron chi connectivity index (χ1n) is 8.67. The Morgan fingerprint density at radius 2 is 1.19 bits per heavy atom. The minimum absolute atomic E-state index is 0. The molecule has 0 aromatic rings. The zero-order valence-corrected chi connectivity index (χ0v) is 21.2. The molecule has 5 heteroatoms. The van der Waals surface area contributed by atoms with Gasteiger partial charge >= 0.3 is 26.2 Å². The normalized spacial score (nSPS) is 25.4. The van der Waals surface area contributed by atoms with Crippen molar-refractivity contribution in [1.82, 2.24) is 0 Å². The van der Waals surface area contributed by atoms with Gasteiger partial charge in [0.1, 0.15) is 0 Å². The molecule has 4 rings (SSSR count). The second-order valence-electron chi connectivity index (χ2n) is 7.07. The van der Waals surface area contributed by atoms with E-state index in [2.05, 4.69) is 64.2 Å². The van der Waals surface area contributed by atoms with Gasteiger partial charge in [0, 0.05) is 27.1 Å². The summed E-state index contributed by atoms with van der Waals surface area (Å²) in [5.41, 5.74) is 3.45. The third-order valence-electron chi connectivity index (χ3n) is 5.43. The monoisotopic (exact) mass is 500 g/mol. The fraction of sp³-hybridized carbons (Fsp3) is 0.429. The molecule has 0 aromatic heterocycles. The third kappa shape index (κ3) is 3.73. The topological polar surface area (TPSA) is 0 Å². The summed E-state index contributed by atoms with van der Waals surface area (Å²) >= 11 is 4.05. The molecule has 2 aliphatic carbocycles. The van der Waals surface area contributed by atoms with Gasteiger partial charge < -0.3 is 24.8 Å². The van der Waals surface area contributed by atoms with Crippen molar-refractivity contribution in [2.75, 3.05) is 0 Å². The zero-order chi connectivity index (χ0) is 16.2. The van der Waals surface area contributed by atoms with Crippen LogP contribution in [-0.4, -0.2) is 0 Å². The second kappa shape index (κ2) is 9.40. The minimum Gasteiger partial charge on any atom is -1.00 e. The molecule has 0 nitrogen and oxygen atoms in total. The van der Waals surface area contributed by atoms with Gasteiger partial charge in [-0.1, -0.05) is 87.7 Å². The van der Waals surface area contributed by atoms with Gasteiger partial charge in [0.25, 0.3) is 0 Å². The molecule has 2 heterocycles.